The van der Waals surface area contributed by atoms with Gasteiger partial charge < -0.3 is 10.0 Å². The molecule has 0 saturated heterocycles. The van der Waals surface area contributed by atoms with Gasteiger partial charge in [-0.15, -0.1) is 11.3 Å². The summed E-state index contributed by atoms with van der Waals surface area (Å²) in [5, 5.41) is 12.0. The number of carbonyl (C=O) groups excluding carboxylic acids is 1. The summed E-state index contributed by atoms with van der Waals surface area (Å²) < 4.78 is 0. The Morgan fingerprint density at radius 2 is 2.10 bits per heavy atom. The molecule has 3 nitrogen and oxygen atoms in total. The standard InChI is InChI=1S/C16H19NO2S/c1-11-6-4-8-14(15(11)18)16(19)17(3)12(2)10-13-7-5-9-20-13/h4-9,12,18H,10H2,1-3H3. The Bertz CT molecular complexity index is 593. The molecule has 0 bridgehead atoms. The number of likely N-dealkylation sites (N-methyl/N-ethyl adjacent to an activating group) is 1. The minimum Gasteiger partial charge on any atom is -0.507 e. The van der Waals surface area contributed by atoms with E-state index in [-0.39, 0.29) is 17.7 Å². The van der Waals surface area contributed by atoms with Crippen molar-refractivity contribution >= 4 is 17.2 Å². The number of rotatable bonds is 4. The molecular formula is C16H19NO2S. The lowest BCUT2D eigenvalue weighted by molar-refractivity contribution is 0.0741. The number of benzene rings is 1. The van der Waals surface area contributed by atoms with Crippen molar-refractivity contribution in [3.05, 3.63) is 51.7 Å². The molecule has 4 heteroatoms. The number of hydrogen-bond donors (Lipinski definition) is 1. The second-order valence-corrected chi connectivity index (χ2v) is 6.05. The normalized spacial score (nSPS) is 12.2. The van der Waals surface area contributed by atoms with Gasteiger partial charge in [0, 0.05) is 24.4 Å². The van der Waals surface area contributed by atoms with Crippen LogP contribution < -0.4 is 0 Å². The predicted molar refractivity (Wildman–Crippen MR) is 82.4 cm³/mol. The maximum atomic E-state index is 12.5. The molecule has 0 spiro atoms. The zero-order chi connectivity index (χ0) is 14.7. The summed E-state index contributed by atoms with van der Waals surface area (Å²) in [6.07, 6.45) is 0.826. The van der Waals surface area contributed by atoms with Gasteiger partial charge in [-0.1, -0.05) is 18.2 Å². The quantitative estimate of drug-likeness (QED) is 0.936. The van der Waals surface area contributed by atoms with Crippen LogP contribution in [0.15, 0.2) is 35.7 Å². The molecule has 0 fully saturated rings. The molecule has 20 heavy (non-hydrogen) atoms. The van der Waals surface area contributed by atoms with Crippen LogP contribution in [0.25, 0.3) is 0 Å². The van der Waals surface area contributed by atoms with Crippen LogP contribution >= 0.6 is 11.3 Å². The average Bonchev–Trinajstić information content (AvgIpc) is 2.93. The molecule has 106 valence electrons. The smallest absolute Gasteiger partial charge is 0.257 e. The molecule has 2 rings (SSSR count). The zero-order valence-electron chi connectivity index (χ0n) is 12.0. The van der Waals surface area contributed by atoms with E-state index in [2.05, 4.69) is 6.07 Å². The Morgan fingerprint density at radius 3 is 2.75 bits per heavy atom. The van der Waals surface area contributed by atoms with Crippen LogP contribution in [0.4, 0.5) is 0 Å². The van der Waals surface area contributed by atoms with Crippen LogP contribution in [-0.2, 0) is 6.42 Å². The lowest BCUT2D eigenvalue weighted by Crippen LogP contribution is -2.36. The van der Waals surface area contributed by atoms with Gasteiger partial charge >= 0.3 is 0 Å². The summed E-state index contributed by atoms with van der Waals surface area (Å²) >= 11 is 1.69. The van der Waals surface area contributed by atoms with Crippen LogP contribution in [0.5, 0.6) is 5.75 Å². The van der Waals surface area contributed by atoms with Crippen molar-refractivity contribution in [3.8, 4) is 5.75 Å². The molecule has 0 aliphatic carbocycles. The first-order chi connectivity index (χ1) is 9.50. The molecular weight excluding hydrogens is 270 g/mol. The second kappa shape index (κ2) is 6.09. The van der Waals surface area contributed by atoms with Gasteiger partial charge in [0.05, 0.1) is 5.56 Å². The fourth-order valence-corrected chi connectivity index (χ4v) is 2.91. The van der Waals surface area contributed by atoms with E-state index in [1.807, 2.05) is 18.4 Å². The highest BCUT2D eigenvalue weighted by molar-refractivity contribution is 7.09. The van der Waals surface area contributed by atoms with Crippen LogP contribution in [0.2, 0.25) is 0 Å². The van der Waals surface area contributed by atoms with Crippen molar-refractivity contribution in [1.82, 2.24) is 4.90 Å². The number of aromatic hydroxyl groups is 1. The van der Waals surface area contributed by atoms with Gasteiger partial charge in [0.2, 0.25) is 0 Å². The minimum atomic E-state index is -0.143. The molecule has 0 aliphatic heterocycles. The van der Waals surface area contributed by atoms with Gasteiger partial charge in [0.15, 0.2) is 0 Å². The lowest BCUT2D eigenvalue weighted by atomic mass is 10.1. The van der Waals surface area contributed by atoms with Gasteiger partial charge in [-0.05, 0) is 36.9 Å². The number of aryl methyl sites for hydroxylation is 1. The number of phenols is 1. The van der Waals surface area contributed by atoms with Gasteiger partial charge in [-0.3, -0.25) is 4.79 Å². The summed E-state index contributed by atoms with van der Waals surface area (Å²) in [6.45, 7) is 3.81. The van der Waals surface area contributed by atoms with Gasteiger partial charge in [-0.25, -0.2) is 0 Å². The van der Waals surface area contributed by atoms with E-state index in [9.17, 15) is 9.90 Å². The number of hydrogen-bond acceptors (Lipinski definition) is 3. The third-order valence-electron chi connectivity index (χ3n) is 3.53. The zero-order valence-corrected chi connectivity index (χ0v) is 12.8. The first kappa shape index (κ1) is 14.6. The fraction of sp³-hybridized carbons (Fsp3) is 0.312. The molecule has 2 aromatic rings. The molecule has 1 aromatic carbocycles. The van der Waals surface area contributed by atoms with E-state index in [1.165, 1.54) is 4.88 Å². The summed E-state index contributed by atoms with van der Waals surface area (Å²) in [6, 6.07) is 9.42. The van der Waals surface area contributed by atoms with Crippen molar-refractivity contribution in [2.75, 3.05) is 7.05 Å². The van der Waals surface area contributed by atoms with Gasteiger partial charge in [0.25, 0.3) is 5.91 Å². The summed E-state index contributed by atoms with van der Waals surface area (Å²) in [5.41, 5.74) is 1.08. The molecule has 0 aliphatic rings. The molecule has 1 heterocycles. The third-order valence-corrected chi connectivity index (χ3v) is 4.43. The Morgan fingerprint density at radius 1 is 1.35 bits per heavy atom. The first-order valence-corrected chi connectivity index (χ1v) is 7.46. The molecule has 0 radical (unpaired) electrons. The largest absolute Gasteiger partial charge is 0.507 e. The Hall–Kier alpha value is -1.81. The van der Waals surface area contributed by atoms with Gasteiger partial charge in [0.1, 0.15) is 5.75 Å². The number of nitrogens with zero attached hydrogens (tertiary/aromatic N) is 1. The van der Waals surface area contributed by atoms with E-state index >= 15 is 0 Å². The topological polar surface area (TPSA) is 40.5 Å². The number of para-hydroxylation sites is 1. The fourth-order valence-electron chi connectivity index (χ4n) is 2.08. The number of phenolic OH excluding ortho intramolecular Hbond substituents is 1. The molecule has 1 N–H and O–H groups in total. The van der Waals surface area contributed by atoms with Crippen LogP contribution in [0.1, 0.15) is 27.7 Å². The number of carbonyl (C=O) groups is 1. The third kappa shape index (κ3) is 3.02. The Kier molecular flexibility index (Phi) is 4.45. The minimum absolute atomic E-state index is 0.0765. The predicted octanol–water partition coefficient (Wildman–Crippen LogP) is 3.47. The average molecular weight is 289 g/mol. The van der Waals surface area contributed by atoms with E-state index in [4.69, 9.17) is 0 Å². The highest BCUT2D eigenvalue weighted by atomic mass is 32.1. The van der Waals surface area contributed by atoms with E-state index in [0.29, 0.717) is 5.56 Å². The molecule has 0 saturated carbocycles. The highest BCUT2D eigenvalue weighted by Crippen LogP contribution is 2.24. The van der Waals surface area contributed by atoms with E-state index in [1.54, 1.807) is 48.4 Å². The SMILES string of the molecule is Cc1cccc(C(=O)N(C)C(C)Cc2cccs2)c1O. The molecule has 1 amide bonds. The lowest BCUT2D eigenvalue weighted by Gasteiger charge is -2.25. The van der Waals surface area contributed by atoms with Crippen molar-refractivity contribution in [3.63, 3.8) is 0 Å². The van der Waals surface area contributed by atoms with E-state index < -0.39 is 0 Å². The van der Waals surface area contributed by atoms with Crippen LogP contribution in [0, 0.1) is 6.92 Å². The summed E-state index contributed by atoms with van der Waals surface area (Å²) in [5.74, 6) is -0.0667. The van der Waals surface area contributed by atoms with Crippen molar-refractivity contribution in [2.45, 2.75) is 26.3 Å². The summed E-state index contributed by atoms with van der Waals surface area (Å²) in [4.78, 5) is 15.4. The number of thiophene rings is 1. The molecule has 1 aromatic heterocycles. The monoisotopic (exact) mass is 289 g/mol. The highest BCUT2D eigenvalue weighted by Gasteiger charge is 2.21. The second-order valence-electron chi connectivity index (χ2n) is 5.02. The first-order valence-electron chi connectivity index (χ1n) is 6.59. The Labute approximate surface area is 123 Å². The number of amides is 1. The van der Waals surface area contributed by atoms with Crippen molar-refractivity contribution in [2.24, 2.45) is 0 Å². The maximum absolute atomic E-state index is 12.5. The Balaban J connectivity index is 2.13. The molecule has 1 unspecified atom stereocenters. The molecule has 1 atom stereocenters. The maximum Gasteiger partial charge on any atom is 0.257 e. The van der Waals surface area contributed by atoms with E-state index in [0.717, 1.165) is 12.0 Å². The van der Waals surface area contributed by atoms with Crippen molar-refractivity contribution < 1.29 is 9.90 Å². The van der Waals surface area contributed by atoms with Crippen LogP contribution in [0.3, 0.4) is 0 Å². The van der Waals surface area contributed by atoms with Crippen molar-refractivity contribution in [1.29, 1.82) is 0 Å². The van der Waals surface area contributed by atoms with Gasteiger partial charge in [-0.2, -0.15) is 0 Å². The van der Waals surface area contributed by atoms with Crippen LogP contribution in [-0.4, -0.2) is 29.0 Å². The summed E-state index contributed by atoms with van der Waals surface area (Å²) in [7, 11) is 1.78.